The zero-order chi connectivity index (χ0) is 25.8. The van der Waals surface area contributed by atoms with E-state index in [0.717, 1.165) is 16.7 Å². The second-order valence-electron chi connectivity index (χ2n) is 9.76. The lowest BCUT2D eigenvalue weighted by molar-refractivity contribution is -0.145. The molecular weight excluding hydrogens is 486 g/mol. The summed E-state index contributed by atoms with van der Waals surface area (Å²) >= 11 is 0. The lowest BCUT2D eigenvalue weighted by atomic mass is 9.85. The summed E-state index contributed by atoms with van der Waals surface area (Å²) in [5, 5.41) is 2.87. The van der Waals surface area contributed by atoms with Crippen molar-refractivity contribution < 1.29 is 18.0 Å². The molecule has 5 rings (SSSR count). The summed E-state index contributed by atoms with van der Waals surface area (Å²) in [7, 11) is -3.67. The lowest BCUT2D eigenvalue weighted by Gasteiger charge is -2.39. The standard InChI is InChI=1S/C29H31N3O4S/c33-28-20-32(27(19-30-28)23-9-5-2-6-10-23)29(34)24-11-15-25(16-12-24)31-37(35,36)26-17-13-22(14-18-26)21-7-3-1-4-8-21/h1-10,13-14,17-18,24-25,27,31H,11-12,15-16,19-20H2,(H,30,33)/t24-,25-,27-/m1/s1. The molecule has 2 amide bonds. The van der Waals surface area contributed by atoms with Gasteiger partial charge in [-0.05, 0) is 54.5 Å². The van der Waals surface area contributed by atoms with Crippen LogP contribution in [0.3, 0.4) is 0 Å². The number of hydrogen-bond donors (Lipinski definition) is 2. The molecule has 0 aromatic heterocycles. The Kier molecular flexibility index (Phi) is 7.39. The first kappa shape index (κ1) is 25.2. The van der Waals surface area contributed by atoms with Crippen LogP contribution in [0.4, 0.5) is 0 Å². The monoisotopic (exact) mass is 517 g/mol. The fraction of sp³-hybridized carbons (Fsp3) is 0.310. The molecule has 0 spiro atoms. The third kappa shape index (κ3) is 5.76. The van der Waals surface area contributed by atoms with Gasteiger partial charge in [0.05, 0.1) is 10.9 Å². The molecule has 1 atom stereocenters. The van der Waals surface area contributed by atoms with E-state index in [-0.39, 0.29) is 41.3 Å². The molecule has 0 unspecified atom stereocenters. The van der Waals surface area contributed by atoms with E-state index in [4.69, 9.17) is 0 Å². The molecule has 1 saturated heterocycles. The normalized spacial score (nSPS) is 22.3. The number of amides is 2. The lowest BCUT2D eigenvalue weighted by Crippen LogP contribution is -2.54. The van der Waals surface area contributed by atoms with Gasteiger partial charge in [0.15, 0.2) is 0 Å². The number of nitrogens with zero attached hydrogens (tertiary/aromatic N) is 1. The van der Waals surface area contributed by atoms with Crippen molar-refractivity contribution in [3.8, 4) is 11.1 Å². The highest BCUT2D eigenvalue weighted by molar-refractivity contribution is 7.89. The summed E-state index contributed by atoms with van der Waals surface area (Å²) in [6.07, 6.45) is 2.32. The Morgan fingerprint density at radius 1 is 0.811 bits per heavy atom. The van der Waals surface area contributed by atoms with Crippen LogP contribution in [0.5, 0.6) is 0 Å². The number of rotatable bonds is 6. The minimum absolute atomic E-state index is 0.0264. The van der Waals surface area contributed by atoms with Gasteiger partial charge in [0.1, 0.15) is 6.54 Å². The first-order valence-electron chi connectivity index (χ1n) is 12.7. The molecule has 3 aromatic carbocycles. The van der Waals surface area contributed by atoms with Gasteiger partial charge < -0.3 is 10.2 Å². The number of nitrogens with one attached hydrogen (secondary N) is 2. The van der Waals surface area contributed by atoms with Crippen molar-refractivity contribution in [1.82, 2.24) is 14.9 Å². The Hall–Kier alpha value is -3.49. The molecule has 2 fully saturated rings. The third-order valence-electron chi connectivity index (χ3n) is 7.32. The van der Waals surface area contributed by atoms with Crippen LogP contribution in [-0.2, 0) is 19.6 Å². The Balaban J connectivity index is 1.20. The van der Waals surface area contributed by atoms with E-state index in [1.165, 1.54) is 0 Å². The Bertz CT molecular complexity index is 1340. The van der Waals surface area contributed by atoms with Crippen LogP contribution in [0.1, 0.15) is 37.3 Å². The highest BCUT2D eigenvalue weighted by Gasteiger charge is 2.37. The average Bonchev–Trinajstić information content (AvgIpc) is 2.94. The van der Waals surface area contributed by atoms with Gasteiger partial charge >= 0.3 is 0 Å². The molecule has 2 aliphatic rings. The molecule has 1 aliphatic carbocycles. The molecule has 1 heterocycles. The highest BCUT2D eigenvalue weighted by atomic mass is 32.2. The van der Waals surface area contributed by atoms with E-state index < -0.39 is 10.0 Å². The zero-order valence-electron chi connectivity index (χ0n) is 20.5. The molecule has 1 aliphatic heterocycles. The maximum Gasteiger partial charge on any atom is 0.240 e. The Morgan fingerprint density at radius 3 is 2.05 bits per heavy atom. The number of benzene rings is 3. The van der Waals surface area contributed by atoms with E-state index in [0.29, 0.717) is 32.2 Å². The summed E-state index contributed by atoms with van der Waals surface area (Å²) < 4.78 is 28.9. The number of hydrogen-bond acceptors (Lipinski definition) is 4. The van der Waals surface area contributed by atoms with Gasteiger partial charge in [-0.3, -0.25) is 9.59 Å². The van der Waals surface area contributed by atoms with Crippen molar-refractivity contribution >= 4 is 21.8 Å². The van der Waals surface area contributed by atoms with Gasteiger partial charge in [0.25, 0.3) is 0 Å². The quantitative estimate of drug-likeness (QED) is 0.519. The molecule has 8 heteroatoms. The van der Waals surface area contributed by atoms with E-state index in [1.807, 2.05) is 72.8 Å². The SMILES string of the molecule is O=C1CN(C(=O)[C@H]2CC[C@H](NS(=O)(=O)c3ccc(-c4ccccc4)cc3)CC2)[C@@H](c2ccccc2)CN1. The number of carbonyl (C=O) groups excluding carboxylic acids is 2. The summed E-state index contributed by atoms with van der Waals surface area (Å²) in [5.41, 5.74) is 2.98. The van der Waals surface area contributed by atoms with Crippen molar-refractivity contribution in [2.75, 3.05) is 13.1 Å². The molecule has 1 saturated carbocycles. The van der Waals surface area contributed by atoms with Crippen LogP contribution < -0.4 is 10.0 Å². The average molecular weight is 518 g/mol. The second kappa shape index (κ2) is 10.9. The molecule has 3 aromatic rings. The van der Waals surface area contributed by atoms with Gasteiger partial charge in [0.2, 0.25) is 21.8 Å². The van der Waals surface area contributed by atoms with Crippen molar-refractivity contribution in [2.24, 2.45) is 5.92 Å². The Labute approximate surface area is 217 Å². The number of piperazine rings is 1. The van der Waals surface area contributed by atoms with Crippen molar-refractivity contribution in [3.05, 3.63) is 90.5 Å². The first-order chi connectivity index (χ1) is 17.9. The summed E-state index contributed by atoms with van der Waals surface area (Å²) in [4.78, 5) is 27.5. The Morgan fingerprint density at radius 2 is 1.41 bits per heavy atom. The number of carbonyl (C=O) groups is 2. The van der Waals surface area contributed by atoms with Crippen LogP contribution >= 0.6 is 0 Å². The molecule has 0 bridgehead atoms. The molecule has 0 radical (unpaired) electrons. The van der Waals surface area contributed by atoms with Gasteiger partial charge in [0, 0.05) is 18.5 Å². The van der Waals surface area contributed by atoms with E-state index in [2.05, 4.69) is 10.0 Å². The van der Waals surface area contributed by atoms with Gasteiger partial charge in [-0.1, -0.05) is 72.8 Å². The predicted octanol–water partition coefficient (Wildman–Crippen LogP) is 3.89. The van der Waals surface area contributed by atoms with E-state index in [9.17, 15) is 18.0 Å². The summed E-state index contributed by atoms with van der Waals surface area (Å²) in [6, 6.07) is 26.0. The topological polar surface area (TPSA) is 95.6 Å². The maximum atomic E-state index is 13.5. The minimum Gasteiger partial charge on any atom is -0.352 e. The van der Waals surface area contributed by atoms with Crippen molar-refractivity contribution in [3.63, 3.8) is 0 Å². The highest BCUT2D eigenvalue weighted by Crippen LogP contribution is 2.31. The maximum absolute atomic E-state index is 13.5. The second-order valence-corrected chi connectivity index (χ2v) is 11.5. The number of sulfonamides is 1. The minimum atomic E-state index is -3.67. The molecule has 2 N–H and O–H groups in total. The molecule has 192 valence electrons. The van der Waals surface area contributed by atoms with Crippen LogP contribution in [0, 0.1) is 5.92 Å². The largest absolute Gasteiger partial charge is 0.352 e. The zero-order valence-corrected chi connectivity index (χ0v) is 21.4. The van der Waals surface area contributed by atoms with E-state index >= 15 is 0 Å². The molecule has 7 nitrogen and oxygen atoms in total. The van der Waals surface area contributed by atoms with Gasteiger partial charge in [-0.25, -0.2) is 13.1 Å². The van der Waals surface area contributed by atoms with Crippen LogP contribution in [-0.4, -0.2) is 44.3 Å². The molecule has 37 heavy (non-hydrogen) atoms. The summed E-state index contributed by atoms with van der Waals surface area (Å²) in [5.74, 6) is -0.398. The van der Waals surface area contributed by atoms with Crippen LogP contribution in [0.25, 0.3) is 11.1 Å². The van der Waals surface area contributed by atoms with Crippen LogP contribution in [0.2, 0.25) is 0 Å². The van der Waals surface area contributed by atoms with Gasteiger partial charge in [-0.2, -0.15) is 0 Å². The first-order valence-corrected chi connectivity index (χ1v) is 14.2. The molecular formula is C29H31N3O4S. The van der Waals surface area contributed by atoms with Crippen molar-refractivity contribution in [1.29, 1.82) is 0 Å². The smallest absolute Gasteiger partial charge is 0.240 e. The fourth-order valence-corrected chi connectivity index (χ4v) is 6.59. The van der Waals surface area contributed by atoms with Crippen LogP contribution in [0.15, 0.2) is 89.8 Å². The predicted molar refractivity (Wildman–Crippen MR) is 142 cm³/mol. The third-order valence-corrected chi connectivity index (χ3v) is 8.86. The fourth-order valence-electron chi connectivity index (χ4n) is 5.28. The summed E-state index contributed by atoms with van der Waals surface area (Å²) in [6.45, 7) is 0.441. The van der Waals surface area contributed by atoms with Crippen molar-refractivity contribution in [2.45, 2.75) is 42.7 Å². The van der Waals surface area contributed by atoms with Gasteiger partial charge in [-0.15, -0.1) is 0 Å². The van der Waals surface area contributed by atoms with E-state index in [1.54, 1.807) is 17.0 Å².